The highest BCUT2D eigenvalue weighted by Crippen LogP contribution is 2.32. The van der Waals surface area contributed by atoms with E-state index in [1.807, 2.05) is 48.5 Å². The lowest BCUT2D eigenvalue weighted by Gasteiger charge is -2.27. The van der Waals surface area contributed by atoms with Crippen LogP contribution < -0.4 is 20.9 Å². The number of carbonyl (C=O) groups is 1. The third-order valence-corrected chi connectivity index (χ3v) is 3.43. The topological polar surface area (TPSA) is 108 Å². The van der Waals surface area contributed by atoms with E-state index in [1.54, 1.807) is 0 Å². The summed E-state index contributed by atoms with van der Waals surface area (Å²) in [7, 11) is 0. The van der Waals surface area contributed by atoms with E-state index >= 15 is 0 Å². The third-order valence-electron chi connectivity index (χ3n) is 3.43. The molecule has 1 aliphatic heterocycles. The molecule has 0 spiro atoms. The Morgan fingerprint density at radius 2 is 1.91 bits per heavy atom. The van der Waals surface area contributed by atoms with E-state index in [0.717, 1.165) is 22.8 Å². The molecule has 0 saturated carbocycles. The van der Waals surface area contributed by atoms with Gasteiger partial charge in [0.1, 0.15) is 23.5 Å². The zero-order valence-corrected chi connectivity index (χ0v) is 12.6. The highest BCUT2D eigenvalue weighted by atomic mass is 16.5. The summed E-state index contributed by atoms with van der Waals surface area (Å²) >= 11 is 0. The maximum absolute atomic E-state index is 9.47. The number of rotatable bonds is 3. The Labute approximate surface area is 134 Å². The molecule has 6 heteroatoms. The number of benzene rings is 2. The normalized spacial score (nSPS) is 16.9. The summed E-state index contributed by atoms with van der Waals surface area (Å²) in [5, 5.41) is 9.47. The zero-order valence-electron chi connectivity index (χ0n) is 12.6. The zero-order chi connectivity index (χ0) is 16.7. The van der Waals surface area contributed by atoms with Gasteiger partial charge in [-0.1, -0.05) is 18.2 Å². The highest BCUT2D eigenvalue weighted by molar-refractivity contribution is 5.43. The van der Waals surface area contributed by atoms with E-state index in [4.69, 9.17) is 20.0 Å². The summed E-state index contributed by atoms with van der Waals surface area (Å²) in [5.41, 5.74) is 10.7. The second-order valence-electron chi connectivity index (χ2n) is 5.09. The molecule has 0 saturated heterocycles. The SMILES string of the molecule is NC(O)C1COc2ccc(Oc3ccccc3)cc2C1.NC=O. The van der Waals surface area contributed by atoms with Crippen LogP contribution in [-0.2, 0) is 11.2 Å². The molecule has 122 valence electrons. The monoisotopic (exact) mass is 316 g/mol. The molecule has 1 amide bonds. The first kappa shape index (κ1) is 16.8. The fourth-order valence-corrected chi connectivity index (χ4v) is 2.30. The summed E-state index contributed by atoms with van der Waals surface area (Å²) in [6.45, 7) is 0.448. The van der Waals surface area contributed by atoms with Gasteiger partial charge in [0.05, 0.1) is 6.61 Å². The molecule has 0 aliphatic carbocycles. The van der Waals surface area contributed by atoms with Crippen molar-refractivity contribution in [3.63, 3.8) is 0 Å². The quantitative estimate of drug-likeness (QED) is 0.586. The van der Waals surface area contributed by atoms with Crippen molar-refractivity contribution in [1.82, 2.24) is 0 Å². The minimum absolute atomic E-state index is 0.0746. The van der Waals surface area contributed by atoms with E-state index in [2.05, 4.69) is 5.73 Å². The minimum Gasteiger partial charge on any atom is -0.493 e. The lowest BCUT2D eigenvalue weighted by Crippen LogP contribution is -2.37. The number of para-hydroxylation sites is 1. The molecular weight excluding hydrogens is 296 g/mol. The van der Waals surface area contributed by atoms with Crippen LogP contribution in [0.3, 0.4) is 0 Å². The van der Waals surface area contributed by atoms with Crippen molar-refractivity contribution in [3.05, 3.63) is 54.1 Å². The van der Waals surface area contributed by atoms with Crippen LogP contribution in [0.2, 0.25) is 0 Å². The van der Waals surface area contributed by atoms with Crippen molar-refractivity contribution in [2.24, 2.45) is 17.4 Å². The van der Waals surface area contributed by atoms with Crippen LogP contribution >= 0.6 is 0 Å². The van der Waals surface area contributed by atoms with Crippen LogP contribution in [0.15, 0.2) is 48.5 Å². The van der Waals surface area contributed by atoms with Crippen molar-refractivity contribution in [3.8, 4) is 17.2 Å². The summed E-state index contributed by atoms with van der Waals surface area (Å²) in [4.78, 5) is 8.58. The largest absolute Gasteiger partial charge is 0.493 e. The van der Waals surface area contributed by atoms with Crippen molar-refractivity contribution in [2.45, 2.75) is 12.6 Å². The van der Waals surface area contributed by atoms with Crippen LogP contribution in [-0.4, -0.2) is 24.4 Å². The first-order valence-corrected chi connectivity index (χ1v) is 7.21. The predicted molar refractivity (Wildman–Crippen MR) is 86.1 cm³/mol. The van der Waals surface area contributed by atoms with E-state index in [1.165, 1.54) is 0 Å². The summed E-state index contributed by atoms with van der Waals surface area (Å²) in [6.07, 6.45) is 0.0840. The van der Waals surface area contributed by atoms with Gasteiger partial charge in [-0.25, -0.2) is 0 Å². The fraction of sp³-hybridized carbons (Fsp3) is 0.235. The molecule has 1 aliphatic rings. The number of hydrogen-bond donors (Lipinski definition) is 3. The van der Waals surface area contributed by atoms with Gasteiger partial charge in [-0.15, -0.1) is 0 Å². The number of primary amides is 1. The number of carbonyl (C=O) groups excluding carboxylic acids is 1. The van der Waals surface area contributed by atoms with Gasteiger partial charge in [-0.05, 0) is 42.3 Å². The van der Waals surface area contributed by atoms with Crippen LogP contribution in [0.1, 0.15) is 5.56 Å². The standard InChI is InChI=1S/C16H17NO3.CH3NO/c17-16(18)12-8-11-9-14(6-7-15(11)19-10-12)20-13-4-2-1-3-5-13;2-1-3/h1-7,9,12,16,18H,8,10,17H2;1H,(H2,2,3). The molecule has 0 bridgehead atoms. The van der Waals surface area contributed by atoms with Crippen LogP contribution in [0.5, 0.6) is 17.2 Å². The summed E-state index contributed by atoms with van der Waals surface area (Å²) < 4.78 is 11.4. The van der Waals surface area contributed by atoms with E-state index in [0.29, 0.717) is 13.0 Å². The van der Waals surface area contributed by atoms with Gasteiger partial charge in [0.15, 0.2) is 0 Å². The molecule has 1 heterocycles. The minimum atomic E-state index is -0.859. The van der Waals surface area contributed by atoms with E-state index in [9.17, 15) is 5.11 Å². The molecular formula is C17H20N2O4. The molecule has 0 aromatic heterocycles. The highest BCUT2D eigenvalue weighted by Gasteiger charge is 2.24. The van der Waals surface area contributed by atoms with Crippen molar-refractivity contribution in [2.75, 3.05) is 6.61 Å². The van der Waals surface area contributed by atoms with Gasteiger partial charge < -0.3 is 26.0 Å². The average molecular weight is 316 g/mol. The maximum atomic E-state index is 9.47. The Bertz CT molecular complexity index is 632. The molecule has 5 N–H and O–H groups in total. The molecule has 23 heavy (non-hydrogen) atoms. The van der Waals surface area contributed by atoms with Crippen LogP contribution in [0, 0.1) is 5.92 Å². The Balaban J connectivity index is 0.000000595. The van der Waals surface area contributed by atoms with Gasteiger partial charge in [0.25, 0.3) is 0 Å². The van der Waals surface area contributed by atoms with Crippen LogP contribution in [0.4, 0.5) is 0 Å². The number of aliphatic hydroxyl groups is 1. The first-order chi connectivity index (χ1) is 11.1. The average Bonchev–Trinajstić information content (AvgIpc) is 2.56. The Kier molecular flexibility index (Phi) is 5.96. The van der Waals surface area contributed by atoms with Crippen molar-refractivity contribution in [1.29, 1.82) is 0 Å². The van der Waals surface area contributed by atoms with E-state index in [-0.39, 0.29) is 12.3 Å². The van der Waals surface area contributed by atoms with Crippen molar-refractivity contribution >= 4 is 6.41 Å². The molecule has 0 radical (unpaired) electrons. The molecule has 2 aromatic carbocycles. The summed E-state index contributed by atoms with van der Waals surface area (Å²) in [5.74, 6) is 2.31. The molecule has 2 aromatic rings. The Hall–Kier alpha value is -2.57. The number of hydrogen-bond acceptors (Lipinski definition) is 5. The second-order valence-corrected chi connectivity index (χ2v) is 5.09. The number of aliphatic hydroxyl groups excluding tert-OH is 1. The predicted octanol–water partition coefficient (Wildman–Crippen LogP) is 1.41. The Morgan fingerprint density at radius 1 is 1.22 bits per heavy atom. The molecule has 2 unspecified atom stereocenters. The molecule has 0 fully saturated rings. The smallest absolute Gasteiger partial charge is 0.204 e. The third kappa shape index (κ3) is 4.70. The molecule has 6 nitrogen and oxygen atoms in total. The van der Waals surface area contributed by atoms with Crippen molar-refractivity contribution < 1.29 is 19.4 Å². The summed E-state index contributed by atoms with van der Waals surface area (Å²) in [6, 6.07) is 15.3. The van der Waals surface area contributed by atoms with E-state index < -0.39 is 6.23 Å². The van der Waals surface area contributed by atoms with Crippen LogP contribution in [0.25, 0.3) is 0 Å². The molecule has 2 atom stereocenters. The number of fused-ring (bicyclic) bond motifs is 1. The molecule has 3 rings (SSSR count). The van der Waals surface area contributed by atoms with Gasteiger partial charge >= 0.3 is 0 Å². The van der Waals surface area contributed by atoms with Gasteiger partial charge in [0, 0.05) is 5.92 Å². The number of ether oxygens (including phenoxy) is 2. The number of amides is 1. The second kappa shape index (κ2) is 8.17. The van der Waals surface area contributed by atoms with Gasteiger partial charge in [-0.2, -0.15) is 0 Å². The lowest BCUT2D eigenvalue weighted by molar-refractivity contribution is -0.106. The fourth-order valence-electron chi connectivity index (χ4n) is 2.30. The number of nitrogens with two attached hydrogens (primary N) is 2. The lowest BCUT2D eigenvalue weighted by atomic mass is 9.95. The first-order valence-electron chi connectivity index (χ1n) is 7.21. The maximum Gasteiger partial charge on any atom is 0.204 e. The van der Waals surface area contributed by atoms with Gasteiger partial charge in [0.2, 0.25) is 6.41 Å². The Morgan fingerprint density at radius 3 is 2.57 bits per heavy atom. The van der Waals surface area contributed by atoms with Gasteiger partial charge in [-0.3, -0.25) is 4.79 Å².